The number of carbonyl (C=O) groups excluding carboxylic acids is 6. The Morgan fingerprint density at radius 2 is 1.08 bits per heavy atom. The lowest BCUT2D eigenvalue weighted by Gasteiger charge is -2.30. The first kappa shape index (κ1) is 45.5. The highest BCUT2D eigenvalue weighted by Gasteiger charge is 2.35. The molecule has 0 saturated heterocycles. The Morgan fingerprint density at radius 1 is 0.615 bits per heavy atom. The van der Waals surface area contributed by atoms with Gasteiger partial charge in [0.15, 0.2) is 0 Å². The topological polar surface area (TPSA) is 258 Å². The summed E-state index contributed by atoms with van der Waals surface area (Å²) in [5, 5.41) is 33.9. The standard InChI is InChI=1S/C36H59N7O9/c1-9-20(5)28(42-30(45)22(7)37)34(49)40-26(17-24-14-12-11-13-15-24)33(48)43-29(21(6)10-2)35(50)39-25(16-19(3)4)32(47)38-23(8)31(46)41-27(18-44)36(51)52/h11-15,19-23,25-29,44H,9-10,16-18,37H2,1-8H3,(H,38,47)(H,39,50)(H,40,49)(H,41,46)(H,42,45)(H,43,48)(H,51,52)/t20-,21-,22-,23-,25-,26-,27-,28-,29-/m0/s1. The van der Waals surface area contributed by atoms with Gasteiger partial charge in [0.2, 0.25) is 35.4 Å². The highest BCUT2D eigenvalue weighted by molar-refractivity contribution is 5.97. The molecule has 0 heterocycles. The minimum atomic E-state index is -1.57. The van der Waals surface area contributed by atoms with E-state index in [2.05, 4.69) is 31.9 Å². The van der Waals surface area contributed by atoms with E-state index in [0.29, 0.717) is 12.8 Å². The molecule has 0 aromatic heterocycles. The number of aliphatic carboxylic acids is 1. The van der Waals surface area contributed by atoms with Crippen LogP contribution in [0.25, 0.3) is 0 Å². The van der Waals surface area contributed by atoms with Crippen molar-refractivity contribution in [3.05, 3.63) is 35.9 Å². The van der Waals surface area contributed by atoms with Crippen LogP contribution < -0.4 is 37.6 Å². The Kier molecular flexibility index (Phi) is 19.6. The summed E-state index contributed by atoms with van der Waals surface area (Å²) >= 11 is 0. The first-order chi connectivity index (χ1) is 24.4. The van der Waals surface area contributed by atoms with Crippen molar-refractivity contribution in [2.75, 3.05) is 6.61 Å². The molecule has 6 amide bonds. The number of carbonyl (C=O) groups is 7. The van der Waals surface area contributed by atoms with Gasteiger partial charge in [0.1, 0.15) is 36.3 Å². The highest BCUT2D eigenvalue weighted by Crippen LogP contribution is 2.14. The molecule has 10 N–H and O–H groups in total. The van der Waals surface area contributed by atoms with Crippen molar-refractivity contribution in [3.63, 3.8) is 0 Å². The predicted octanol–water partition coefficient (Wildman–Crippen LogP) is -0.280. The van der Waals surface area contributed by atoms with Crippen molar-refractivity contribution >= 4 is 41.4 Å². The Labute approximate surface area is 306 Å². The molecule has 16 nitrogen and oxygen atoms in total. The molecule has 0 unspecified atom stereocenters. The molecule has 0 bridgehead atoms. The van der Waals surface area contributed by atoms with Crippen LogP contribution in [-0.2, 0) is 40.0 Å². The molecule has 52 heavy (non-hydrogen) atoms. The van der Waals surface area contributed by atoms with Gasteiger partial charge in [0, 0.05) is 6.42 Å². The number of hydrogen-bond acceptors (Lipinski definition) is 9. The fraction of sp³-hybridized carbons (Fsp3) is 0.639. The summed E-state index contributed by atoms with van der Waals surface area (Å²) in [6.07, 6.45) is 1.24. The molecule has 1 aromatic rings. The van der Waals surface area contributed by atoms with E-state index in [-0.39, 0.29) is 24.7 Å². The fourth-order valence-corrected chi connectivity index (χ4v) is 5.09. The number of hydrogen-bond donors (Lipinski definition) is 9. The number of benzene rings is 1. The highest BCUT2D eigenvalue weighted by atomic mass is 16.4. The van der Waals surface area contributed by atoms with Crippen molar-refractivity contribution < 1.29 is 43.8 Å². The van der Waals surface area contributed by atoms with Crippen LogP contribution in [0, 0.1) is 17.8 Å². The molecule has 0 aliphatic rings. The second-order valence-electron chi connectivity index (χ2n) is 13.8. The largest absolute Gasteiger partial charge is 0.480 e. The van der Waals surface area contributed by atoms with Crippen LogP contribution in [0.2, 0.25) is 0 Å². The van der Waals surface area contributed by atoms with Crippen LogP contribution in [0.3, 0.4) is 0 Å². The lowest BCUT2D eigenvalue weighted by Crippen LogP contribution is -2.61. The van der Waals surface area contributed by atoms with Gasteiger partial charge in [0.05, 0.1) is 12.6 Å². The van der Waals surface area contributed by atoms with E-state index in [1.165, 1.54) is 13.8 Å². The van der Waals surface area contributed by atoms with Crippen LogP contribution in [-0.4, -0.2) is 101 Å². The number of amides is 6. The molecular formula is C36H59N7O9. The van der Waals surface area contributed by atoms with Gasteiger partial charge in [-0.25, -0.2) is 4.79 Å². The molecule has 16 heteroatoms. The first-order valence-electron chi connectivity index (χ1n) is 17.8. The predicted molar refractivity (Wildman–Crippen MR) is 194 cm³/mol. The van der Waals surface area contributed by atoms with Gasteiger partial charge >= 0.3 is 5.97 Å². The molecular weight excluding hydrogens is 674 g/mol. The molecule has 0 saturated carbocycles. The van der Waals surface area contributed by atoms with Gasteiger partial charge in [-0.05, 0) is 43.6 Å². The first-order valence-corrected chi connectivity index (χ1v) is 17.8. The number of rotatable bonds is 22. The Morgan fingerprint density at radius 3 is 1.52 bits per heavy atom. The zero-order chi connectivity index (χ0) is 39.7. The molecule has 0 fully saturated rings. The van der Waals surface area contributed by atoms with E-state index in [4.69, 9.17) is 10.8 Å². The zero-order valence-corrected chi connectivity index (χ0v) is 31.5. The summed E-state index contributed by atoms with van der Waals surface area (Å²) in [5.41, 5.74) is 6.46. The summed E-state index contributed by atoms with van der Waals surface area (Å²) in [6, 6.07) is 0.897. The van der Waals surface area contributed by atoms with Crippen LogP contribution in [0.4, 0.5) is 0 Å². The van der Waals surface area contributed by atoms with Crippen molar-refractivity contribution in [2.45, 2.75) is 123 Å². The second kappa shape index (κ2) is 22.4. The maximum atomic E-state index is 14.0. The number of aliphatic hydroxyl groups is 1. The van der Waals surface area contributed by atoms with Gasteiger partial charge in [0.25, 0.3) is 0 Å². The smallest absolute Gasteiger partial charge is 0.328 e. The lowest BCUT2D eigenvalue weighted by atomic mass is 9.95. The van der Waals surface area contributed by atoms with Gasteiger partial charge < -0.3 is 47.8 Å². The van der Waals surface area contributed by atoms with Gasteiger partial charge in [-0.3, -0.25) is 28.8 Å². The third-order valence-corrected chi connectivity index (χ3v) is 8.80. The van der Waals surface area contributed by atoms with Crippen molar-refractivity contribution in [1.82, 2.24) is 31.9 Å². The second-order valence-corrected chi connectivity index (χ2v) is 13.8. The monoisotopic (exact) mass is 733 g/mol. The summed E-state index contributed by atoms with van der Waals surface area (Å²) < 4.78 is 0. The number of carboxylic acid groups (broad SMARTS) is 1. The number of aliphatic hydroxyl groups excluding tert-OH is 1. The van der Waals surface area contributed by atoms with Gasteiger partial charge in [-0.15, -0.1) is 0 Å². The van der Waals surface area contributed by atoms with Crippen molar-refractivity contribution in [2.24, 2.45) is 23.5 Å². The molecule has 0 radical (unpaired) electrons. The van der Waals surface area contributed by atoms with E-state index in [9.17, 15) is 38.7 Å². The summed E-state index contributed by atoms with van der Waals surface area (Å²) in [6.45, 7) is 12.9. The Bertz CT molecular complexity index is 1360. The number of nitrogens with one attached hydrogen (secondary N) is 6. The molecule has 292 valence electrons. The van der Waals surface area contributed by atoms with E-state index >= 15 is 0 Å². The van der Waals surface area contributed by atoms with Crippen molar-refractivity contribution in [3.8, 4) is 0 Å². The molecule has 9 atom stereocenters. The average Bonchev–Trinajstić information content (AvgIpc) is 3.09. The number of nitrogens with two attached hydrogens (primary N) is 1. The van der Waals surface area contributed by atoms with E-state index in [1.54, 1.807) is 38.1 Å². The Balaban J connectivity index is 3.33. The lowest BCUT2D eigenvalue weighted by molar-refractivity contribution is -0.143. The summed E-state index contributed by atoms with van der Waals surface area (Å²) in [4.78, 5) is 91.1. The minimum absolute atomic E-state index is 0.0685. The van der Waals surface area contributed by atoms with Crippen LogP contribution in [0.15, 0.2) is 30.3 Å². The van der Waals surface area contributed by atoms with E-state index in [0.717, 1.165) is 5.56 Å². The van der Waals surface area contributed by atoms with Gasteiger partial charge in [-0.1, -0.05) is 84.7 Å². The molecule has 0 aliphatic carbocycles. The maximum Gasteiger partial charge on any atom is 0.328 e. The molecule has 1 rings (SSSR count). The molecule has 0 aliphatic heterocycles. The van der Waals surface area contributed by atoms with E-state index in [1.807, 2.05) is 33.8 Å². The third-order valence-electron chi connectivity index (χ3n) is 8.80. The average molecular weight is 734 g/mol. The quantitative estimate of drug-likeness (QED) is 0.0753. The van der Waals surface area contributed by atoms with Crippen LogP contribution in [0.1, 0.15) is 80.2 Å². The molecule has 0 spiro atoms. The maximum absolute atomic E-state index is 14.0. The van der Waals surface area contributed by atoms with Gasteiger partial charge in [-0.2, -0.15) is 0 Å². The number of carboxylic acids is 1. The fourth-order valence-electron chi connectivity index (χ4n) is 5.09. The van der Waals surface area contributed by atoms with Crippen molar-refractivity contribution in [1.29, 1.82) is 0 Å². The third kappa shape index (κ3) is 15.0. The zero-order valence-electron chi connectivity index (χ0n) is 31.5. The SMILES string of the molecule is CC[C@H](C)[C@H](NC(=O)[C@H](C)N)C(=O)N[C@@H](Cc1ccccc1)C(=O)N[C@H](C(=O)N[C@@H](CC(C)C)C(=O)N[C@@H](C)C(=O)N[C@@H](CO)C(=O)O)[C@@H](C)CC. The van der Waals surface area contributed by atoms with Crippen LogP contribution in [0.5, 0.6) is 0 Å². The Hall–Kier alpha value is -4.57. The summed E-state index contributed by atoms with van der Waals surface area (Å²) in [5.74, 6) is -6.28. The summed E-state index contributed by atoms with van der Waals surface area (Å²) in [7, 11) is 0. The minimum Gasteiger partial charge on any atom is -0.480 e. The normalized spacial score (nSPS) is 16.4. The molecule has 1 aromatic carbocycles. The van der Waals surface area contributed by atoms with E-state index < -0.39 is 96.2 Å². The van der Waals surface area contributed by atoms with Crippen LogP contribution >= 0.6 is 0 Å².